The van der Waals surface area contributed by atoms with E-state index >= 15 is 0 Å². The summed E-state index contributed by atoms with van der Waals surface area (Å²) in [5.41, 5.74) is 7.27. The molecule has 1 fully saturated rings. The number of hydrogen-bond acceptors (Lipinski definition) is 3. The predicted octanol–water partition coefficient (Wildman–Crippen LogP) is 1.51. The molecule has 0 spiro atoms. The second-order valence-electron chi connectivity index (χ2n) is 4.51. The number of methoxy groups -OCH3 is 1. The Morgan fingerprint density at radius 1 is 1.53 bits per heavy atom. The Morgan fingerprint density at radius 3 is 3.00 bits per heavy atom. The largest absolute Gasteiger partial charge is 0.380 e. The molecular formula is C13H19FN2O. The van der Waals surface area contributed by atoms with Crippen molar-refractivity contribution in [3.63, 3.8) is 0 Å². The van der Waals surface area contributed by atoms with Gasteiger partial charge in [0.2, 0.25) is 0 Å². The van der Waals surface area contributed by atoms with E-state index in [0.29, 0.717) is 13.1 Å². The van der Waals surface area contributed by atoms with Gasteiger partial charge in [0.05, 0.1) is 6.10 Å². The first-order valence-electron chi connectivity index (χ1n) is 5.95. The standard InChI is InChI=1S/C13H19FN2O/c1-17-12-4-5-16(9-12)8-11-6-10(7-15)2-3-13(11)14/h2-3,6,12H,4-5,7-9,15H2,1H3. The highest BCUT2D eigenvalue weighted by Gasteiger charge is 2.22. The number of halogens is 1. The number of nitrogens with zero attached hydrogens (tertiary/aromatic N) is 1. The molecule has 1 heterocycles. The van der Waals surface area contributed by atoms with Crippen LogP contribution >= 0.6 is 0 Å². The lowest BCUT2D eigenvalue weighted by Gasteiger charge is -2.16. The Balaban J connectivity index is 2.03. The maximum absolute atomic E-state index is 13.6. The van der Waals surface area contributed by atoms with Gasteiger partial charge in [-0.1, -0.05) is 12.1 Å². The third kappa shape index (κ3) is 3.03. The molecule has 4 heteroatoms. The van der Waals surface area contributed by atoms with Gasteiger partial charge in [0.15, 0.2) is 0 Å². The second kappa shape index (κ2) is 5.58. The zero-order valence-electron chi connectivity index (χ0n) is 10.2. The zero-order chi connectivity index (χ0) is 12.3. The lowest BCUT2D eigenvalue weighted by molar-refractivity contribution is 0.107. The van der Waals surface area contributed by atoms with Crippen LogP contribution in [0.5, 0.6) is 0 Å². The molecule has 2 rings (SSSR count). The fourth-order valence-corrected chi connectivity index (χ4v) is 2.25. The van der Waals surface area contributed by atoms with Gasteiger partial charge in [0.1, 0.15) is 5.82 Å². The molecule has 3 nitrogen and oxygen atoms in total. The summed E-state index contributed by atoms with van der Waals surface area (Å²) in [6, 6.07) is 5.09. The molecular weight excluding hydrogens is 219 g/mol. The van der Waals surface area contributed by atoms with Crippen molar-refractivity contribution < 1.29 is 9.13 Å². The van der Waals surface area contributed by atoms with E-state index in [2.05, 4.69) is 4.90 Å². The normalized spacial score (nSPS) is 21.0. The molecule has 0 radical (unpaired) electrons. The molecule has 1 aliphatic rings. The molecule has 1 unspecified atom stereocenters. The number of benzene rings is 1. The maximum Gasteiger partial charge on any atom is 0.127 e. The van der Waals surface area contributed by atoms with Gasteiger partial charge in [0, 0.05) is 38.9 Å². The summed E-state index contributed by atoms with van der Waals surface area (Å²) in [6.45, 7) is 2.93. The maximum atomic E-state index is 13.6. The molecule has 0 saturated carbocycles. The fraction of sp³-hybridized carbons (Fsp3) is 0.538. The number of rotatable bonds is 4. The minimum absolute atomic E-state index is 0.150. The topological polar surface area (TPSA) is 38.5 Å². The summed E-state index contributed by atoms with van der Waals surface area (Å²) in [4.78, 5) is 2.22. The van der Waals surface area contributed by atoms with Crippen LogP contribution in [0, 0.1) is 5.82 Å². The molecule has 0 aromatic heterocycles. The van der Waals surface area contributed by atoms with E-state index in [1.165, 1.54) is 6.07 Å². The molecule has 94 valence electrons. The van der Waals surface area contributed by atoms with E-state index in [0.717, 1.165) is 30.6 Å². The van der Waals surface area contributed by atoms with E-state index in [9.17, 15) is 4.39 Å². The van der Waals surface area contributed by atoms with Gasteiger partial charge >= 0.3 is 0 Å². The van der Waals surface area contributed by atoms with Gasteiger partial charge in [0.25, 0.3) is 0 Å². The van der Waals surface area contributed by atoms with Crippen molar-refractivity contribution in [1.29, 1.82) is 0 Å². The Morgan fingerprint density at radius 2 is 2.35 bits per heavy atom. The van der Waals surface area contributed by atoms with E-state index in [1.807, 2.05) is 6.07 Å². The highest BCUT2D eigenvalue weighted by Crippen LogP contribution is 2.18. The predicted molar refractivity (Wildman–Crippen MR) is 65.0 cm³/mol. The molecule has 17 heavy (non-hydrogen) atoms. The summed E-state index contributed by atoms with van der Waals surface area (Å²) in [5.74, 6) is -0.150. The minimum Gasteiger partial charge on any atom is -0.380 e. The Bertz CT molecular complexity index is 384. The minimum atomic E-state index is -0.150. The average Bonchev–Trinajstić information content (AvgIpc) is 2.80. The molecule has 0 amide bonds. The first-order valence-corrected chi connectivity index (χ1v) is 5.95. The molecule has 0 bridgehead atoms. The van der Waals surface area contributed by atoms with Crippen LogP contribution in [0.25, 0.3) is 0 Å². The lowest BCUT2D eigenvalue weighted by Crippen LogP contribution is -2.23. The molecule has 1 aliphatic heterocycles. The zero-order valence-corrected chi connectivity index (χ0v) is 10.2. The van der Waals surface area contributed by atoms with Crippen molar-refractivity contribution in [1.82, 2.24) is 4.90 Å². The van der Waals surface area contributed by atoms with Crippen molar-refractivity contribution in [3.8, 4) is 0 Å². The molecule has 1 saturated heterocycles. The first kappa shape index (κ1) is 12.5. The van der Waals surface area contributed by atoms with Gasteiger partial charge in [-0.15, -0.1) is 0 Å². The van der Waals surface area contributed by atoms with Crippen molar-refractivity contribution in [2.75, 3.05) is 20.2 Å². The van der Waals surface area contributed by atoms with E-state index < -0.39 is 0 Å². The Labute approximate surface area is 101 Å². The van der Waals surface area contributed by atoms with E-state index in [4.69, 9.17) is 10.5 Å². The SMILES string of the molecule is COC1CCN(Cc2cc(CN)ccc2F)C1. The first-order chi connectivity index (χ1) is 8.22. The average molecular weight is 238 g/mol. The van der Waals surface area contributed by atoms with Gasteiger partial charge < -0.3 is 10.5 Å². The monoisotopic (exact) mass is 238 g/mol. The lowest BCUT2D eigenvalue weighted by atomic mass is 10.1. The second-order valence-corrected chi connectivity index (χ2v) is 4.51. The van der Waals surface area contributed by atoms with Gasteiger partial charge in [-0.25, -0.2) is 4.39 Å². The van der Waals surface area contributed by atoms with Crippen molar-refractivity contribution in [2.45, 2.75) is 25.6 Å². The summed E-state index contributed by atoms with van der Waals surface area (Å²) < 4.78 is 18.9. The summed E-state index contributed by atoms with van der Waals surface area (Å²) >= 11 is 0. The van der Waals surface area contributed by atoms with E-state index in [-0.39, 0.29) is 11.9 Å². The summed E-state index contributed by atoms with van der Waals surface area (Å²) in [6.07, 6.45) is 1.31. The molecule has 1 aromatic carbocycles. The van der Waals surface area contributed by atoms with E-state index in [1.54, 1.807) is 13.2 Å². The van der Waals surface area contributed by atoms with Gasteiger partial charge in [-0.3, -0.25) is 4.90 Å². The summed E-state index contributed by atoms with van der Waals surface area (Å²) in [7, 11) is 1.73. The fourth-order valence-electron chi connectivity index (χ4n) is 2.25. The number of likely N-dealkylation sites (tertiary alicyclic amines) is 1. The Hall–Kier alpha value is -0.970. The van der Waals surface area contributed by atoms with Crippen LogP contribution in [0.3, 0.4) is 0 Å². The van der Waals surface area contributed by atoms with Crippen LogP contribution in [-0.4, -0.2) is 31.2 Å². The van der Waals surface area contributed by atoms with Crippen LogP contribution in [0.15, 0.2) is 18.2 Å². The third-order valence-electron chi connectivity index (χ3n) is 3.30. The van der Waals surface area contributed by atoms with Crippen LogP contribution in [-0.2, 0) is 17.8 Å². The third-order valence-corrected chi connectivity index (χ3v) is 3.30. The molecule has 1 atom stereocenters. The van der Waals surface area contributed by atoms with Crippen LogP contribution in [0.4, 0.5) is 4.39 Å². The molecule has 1 aromatic rings. The van der Waals surface area contributed by atoms with Gasteiger partial charge in [-0.05, 0) is 18.1 Å². The number of ether oxygens (including phenoxy) is 1. The highest BCUT2D eigenvalue weighted by atomic mass is 19.1. The number of hydrogen-bond donors (Lipinski definition) is 1. The highest BCUT2D eigenvalue weighted by molar-refractivity contribution is 5.25. The quantitative estimate of drug-likeness (QED) is 0.864. The van der Waals surface area contributed by atoms with Gasteiger partial charge in [-0.2, -0.15) is 0 Å². The molecule has 0 aliphatic carbocycles. The van der Waals surface area contributed by atoms with Crippen molar-refractivity contribution in [3.05, 3.63) is 35.1 Å². The smallest absolute Gasteiger partial charge is 0.127 e. The van der Waals surface area contributed by atoms with Crippen molar-refractivity contribution in [2.24, 2.45) is 5.73 Å². The number of nitrogens with two attached hydrogens (primary N) is 1. The molecule has 2 N–H and O–H groups in total. The Kier molecular flexibility index (Phi) is 4.10. The van der Waals surface area contributed by atoms with Crippen LogP contribution < -0.4 is 5.73 Å². The van der Waals surface area contributed by atoms with Crippen molar-refractivity contribution >= 4 is 0 Å². The van der Waals surface area contributed by atoms with Crippen LogP contribution in [0.1, 0.15) is 17.5 Å². The van der Waals surface area contributed by atoms with Crippen LogP contribution in [0.2, 0.25) is 0 Å². The summed E-state index contributed by atoms with van der Waals surface area (Å²) in [5, 5.41) is 0.